The summed E-state index contributed by atoms with van der Waals surface area (Å²) in [7, 11) is 0. The van der Waals surface area contributed by atoms with Crippen molar-refractivity contribution in [3.63, 3.8) is 0 Å². The fourth-order valence-corrected chi connectivity index (χ4v) is 1.10. The largest absolute Gasteiger partial charge is 0.441 e. The summed E-state index contributed by atoms with van der Waals surface area (Å²) in [6.45, 7) is 5.56. The zero-order valence-corrected chi connectivity index (χ0v) is 9.09. The van der Waals surface area contributed by atoms with Gasteiger partial charge in [-0.25, -0.2) is 9.97 Å². The van der Waals surface area contributed by atoms with Crippen LogP contribution in [0.2, 0.25) is 0 Å². The van der Waals surface area contributed by atoms with Crippen molar-refractivity contribution < 1.29 is 17.6 Å². The van der Waals surface area contributed by atoms with Gasteiger partial charge in [0.05, 0.1) is 6.20 Å². The molecular weight excluding hydrogens is 221 g/mol. The monoisotopic (exact) mass is 232 g/mol. The zero-order valence-electron chi connectivity index (χ0n) is 9.09. The molecule has 3 nitrogen and oxygen atoms in total. The van der Waals surface area contributed by atoms with E-state index in [2.05, 4.69) is 9.97 Å². The van der Waals surface area contributed by atoms with E-state index in [-0.39, 0.29) is 5.58 Å². The van der Waals surface area contributed by atoms with Gasteiger partial charge in [-0.15, -0.1) is 0 Å². The lowest BCUT2D eigenvalue weighted by Gasteiger charge is -2.03. The van der Waals surface area contributed by atoms with E-state index in [1.165, 1.54) is 0 Å². The van der Waals surface area contributed by atoms with Gasteiger partial charge in [0.15, 0.2) is 11.5 Å². The number of hydrogen-bond acceptors (Lipinski definition) is 3. The maximum atomic E-state index is 12.2. The Hall–Kier alpha value is -1.59. The number of aryl methyl sites for hydroxylation is 1. The summed E-state index contributed by atoms with van der Waals surface area (Å²) in [5, 5.41) is 0. The van der Waals surface area contributed by atoms with Gasteiger partial charge in [0.25, 0.3) is 0 Å². The molecule has 16 heavy (non-hydrogen) atoms. The first-order valence-corrected chi connectivity index (χ1v) is 4.77. The number of fused-ring (bicyclic) bond motifs is 1. The Kier molecular flexibility index (Phi) is 3.51. The van der Waals surface area contributed by atoms with Crippen molar-refractivity contribution >= 4 is 11.1 Å². The lowest BCUT2D eigenvalue weighted by molar-refractivity contribution is -0.141. The molecule has 0 aliphatic heterocycles. The highest BCUT2D eigenvalue weighted by Gasteiger charge is 2.33. The van der Waals surface area contributed by atoms with Gasteiger partial charge >= 0.3 is 6.18 Å². The van der Waals surface area contributed by atoms with Crippen molar-refractivity contribution in [3.8, 4) is 0 Å². The van der Waals surface area contributed by atoms with Gasteiger partial charge in [-0.05, 0) is 0 Å². The van der Waals surface area contributed by atoms with Crippen molar-refractivity contribution in [1.82, 2.24) is 9.97 Å². The van der Waals surface area contributed by atoms with Gasteiger partial charge in [-0.3, -0.25) is 0 Å². The summed E-state index contributed by atoms with van der Waals surface area (Å²) in [5.74, 6) is 0.320. The number of oxazole rings is 1. The first-order chi connectivity index (χ1) is 7.47. The van der Waals surface area contributed by atoms with Crippen LogP contribution in [0, 0.1) is 6.92 Å². The molecule has 0 spiro atoms. The number of halogens is 3. The zero-order chi connectivity index (χ0) is 12.3. The number of pyridine rings is 1. The normalized spacial score (nSPS) is 11.1. The third kappa shape index (κ3) is 2.50. The van der Waals surface area contributed by atoms with E-state index in [1.54, 1.807) is 6.92 Å². The Balaban J connectivity index is 0.000000606. The first-order valence-electron chi connectivity index (χ1n) is 4.77. The number of nitrogens with zero attached hydrogens (tertiary/aromatic N) is 2. The summed E-state index contributed by atoms with van der Waals surface area (Å²) in [6, 6.07) is 0.843. The van der Waals surface area contributed by atoms with E-state index in [1.807, 2.05) is 13.8 Å². The smallest absolute Gasteiger partial charge is 0.433 e. The van der Waals surface area contributed by atoms with Crippen LogP contribution in [0.25, 0.3) is 11.1 Å². The topological polar surface area (TPSA) is 38.9 Å². The maximum absolute atomic E-state index is 12.2. The van der Waals surface area contributed by atoms with Crippen molar-refractivity contribution in [1.29, 1.82) is 0 Å². The summed E-state index contributed by atoms with van der Waals surface area (Å²) < 4.78 is 41.5. The highest BCUT2D eigenvalue weighted by molar-refractivity contribution is 5.71. The molecule has 0 fully saturated rings. The van der Waals surface area contributed by atoms with Gasteiger partial charge in [0.2, 0.25) is 0 Å². The number of rotatable bonds is 0. The van der Waals surface area contributed by atoms with Crippen LogP contribution >= 0.6 is 0 Å². The maximum Gasteiger partial charge on any atom is 0.433 e. The molecule has 0 bridgehead atoms. The summed E-state index contributed by atoms with van der Waals surface area (Å²) >= 11 is 0. The fourth-order valence-electron chi connectivity index (χ4n) is 1.10. The van der Waals surface area contributed by atoms with Crippen LogP contribution in [0.1, 0.15) is 25.4 Å². The SMILES string of the molecule is CC.Cc1nc2cnc(C(F)(F)F)cc2o1. The summed E-state index contributed by atoms with van der Waals surface area (Å²) in [6.07, 6.45) is -3.40. The molecular formula is C10H11F3N2O. The molecule has 0 N–H and O–H groups in total. The van der Waals surface area contributed by atoms with Crippen LogP contribution in [0.4, 0.5) is 13.2 Å². The second kappa shape index (κ2) is 4.51. The van der Waals surface area contributed by atoms with E-state index in [0.717, 1.165) is 12.3 Å². The third-order valence-corrected chi connectivity index (χ3v) is 1.67. The second-order valence-corrected chi connectivity index (χ2v) is 2.77. The van der Waals surface area contributed by atoms with E-state index < -0.39 is 11.9 Å². The molecule has 88 valence electrons. The molecule has 2 rings (SSSR count). The van der Waals surface area contributed by atoms with E-state index in [0.29, 0.717) is 11.4 Å². The highest BCUT2D eigenvalue weighted by atomic mass is 19.4. The lowest BCUT2D eigenvalue weighted by Crippen LogP contribution is -2.06. The van der Waals surface area contributed by atoms with Crippen LogP contribution in [-0.2, 0) is 6.18 Å². The van der Waals surface area contributed by atoms with Crippen LogP contribution in [0.5, 0.6) is 0 Å². The molecule has 2 aromatic rings. The van der Waals surface area contributed by atoms with Gasteiger partial charge in [0.1, 0.15) is 11.2 Å². The quantitative estimate of drug-likeness (QED) is 0.696. The lowest BCUT2D eigenvalue weighted by atomic mass is 10.3. The Morgan fingerprint density at radius 2 is 1.88 bits per heavy atom. The van der Waals surface area contributed by atoms with Crippen molar-refractivity contribution in [2.75, 3.05) is 0 Å². The highest BCUT2D eigenvalue weighted by Crippen LogP contribution is 2.29. The molecule has 2 heterocycles. The molecule has 0 radical (unpaired) electrons. The molecule has 2 aromatic heterocycles. The van der Waals surface area contributed by atoms with Crippen LogP contribution < -0.4 is 0 Å². The molecule has 0 amide bonds. The molecule has 0 saturated carbocycles. The van der Waals surface area contributed by atoms with Crippen molar-refractivity contribution in [2.24, 2.45) is 0 Å². The van der Waals surface area contributed by atoms with Gasteiger partial charge < -0.3 is 4.42 Å². The molecule has 0 saturated heterocycles. The van der Waals surface area contributed by atoms with Crippen molar-refractivity contribution in [2.45, 2.75) is 26.9 Å². The Morgan fingerprint density at radius 3 is 2.44 bits per heavy atom. The molecule has 0 aliphatic carbocycles. The number of aromatic nitrogens is 2. The average Bonchev–Trinajstić information content (AvgIpc) is 2.58. The minimum Gasteiger partial charge on any atom is -0.441 e. The number of alkyl halides is 3. The van der Waals surface area contributed by atoms with Gasteiger partial charge in [-0.2, -0.15) is 13.2 Å². The van der Waals surface area contributed by atoms with Crippen LogP contribution in [0.3, 0.4) is 0 Å². The third-order valence-electron chi connectivity index (χ3n) is 1.67. The number of hydrogen-bond donors (Lipinski definition) is 0. The average molecular weight is 232 g/mol. The first kappa shape index (κ1) is 12.5. The summed E-state index contributed by atoms with van der Waals surface area (Å²) in [4.78, 5) is 7.08. The second-order valence-electron chi connectivity index (χ2n) is 2.77. The van der Waals surface area contributed by atoms with E-state index >= 15 is 0 Å². The van der Waals surface area contributed by atoms with Crippen LogP contribution in [-0.4, -0.2) is 9.97 Å². The molecule has 0 aromatic carbocycles. The van der Waals surface area contributed by atoms with Crippen LogP contribution in [0.15, 0.2) is 16.7 Å². The van der Waals surface area contributed by atoms with Gasteiger partial charge in [-0.1, -0.05) is 13.8 Å². The Bertz CT molecular complexity index is 476. The molecule has 6 heteroatoms. The summed E-state index contributed by atoms with van der Waals surface area (Å²) in [5.41, 5.74) is -0.540. The Morgan fingerprint density at radius 1 is 1.25 bits per heavy atom. The molecule has 0 unspecified atom stereocenters. The Labute approximate surface area is 90.3 Å². The molecule has 0 aliphatic rings. The van der Waals surface area contributed by atoms with Crippen molar-refractivity contribution in [3.05, 3.63) is 23.8 Å². The van der Waals surface area contributed by atoms with E-state index in [9.17, 15) is 13.2 Å². The standard InChI is InChI=1S/C8H5F3N2O.C2H6/c1-4-13-5-3-12-7(8(9,10)11)2-6(5)14-4;1-2/h2-3H,1H3;1-2H3. The minimum atomic E-state index is -4.45. The molecule has 0 atom stereocenters. The van der Waals surface area contributed by atoms with Gasteiger partial charge in [0, 0.05) is 13.0 Å². The predicted octanol–water partition coefficient (Wildman–Crippen LogP) is 3.58. The minimum absolute atomic E-state index is 0.102. The predicted molar refractivity (Wildman–Crippen MR) is 52.9 cm³/mol. The fraction of sp³-hybridized carbons (Fsp3) is 0.400. The van der Waals surface area contributed by atoms with E-state index in [4.69, 9.17) is 4.42 Å².